The van der Waals surface area contributed by atoms with Crippen LogP contribution in [0, 0.1) is 22.7 Å². The predicted octanol–water partition coefficient (Wildman–Crippen LogP) is -0.358. The molecular weight excluding hydrogens is 196 g/mol. The zero-order chi connectivity index (χ0) is 7.56. The Morgan fingerprint density at radius 2 is 1.50 bits per heavy atom. The van der Waals surface area contributed by atoms with Crippen LogP contribution in [-0.4, -0.2) is 17.2 Å². The topological polar surface area (TPSA) is 71.6 Å². The van der Waals surface area contributed by atoms with Gasteiger partial charge in [-0.1, -0.05) is 15.9 Å². The molecule has 1 heterocycles. The highest BCUT2D eigenvalue weighted by molar-refractivity contribution is 9.09. The average Bonchev–Trinajstić information content (AvgIpc) is 2.30. The van der Waals surface area contributed by atoms with Crippen molar-refractivity contribution in [3.05, 3.63) is 0 Å². The summed E-state index contributed by atoms with van der Waals surface area (Å²) in [6.07, 6.45) is 0. The zero-order valence-electron chi connectivity index (χ0n) is 5.00. The third kappa shape index (κ3) is 1.27. The van der Waals surface area contributed by atoms with Gasteiger partial charge in [-0.2, -0.15) is 10.5 Å². The molecule has 0 saturated carbocycles. The number of nitrogens with zero attached hydrogens (tertiary/aromatic N) is 2. The second kappa shape index (κ2) is 2.98. The molecule has 1 aliphatic heterocycles. The van der Waals surface area contributed by atoms with Crippen molar-refractivity contribution in [2.45, 2.75) is 17.2 Å². The molecule has 0 aromatic carbocycles. The first-order valence-electron chi connectivity index (χ1n) is 2.73. The molecule has 0 aliphatic carbocycles. The molecule has 52 valence electrons. The fourth-order valence-electron chi connectivity index (χ4n) is 0.779. The number of rotatable bonds is 0. The van der Waals surface area contributed by atoms with E-state index < -0.39 is 12.1 Å². The van der Waals surface area contributed by atoms with Gasteiger partial charge in [0.05, 0.1) is 12.1 Å². The molecule has 2 N–H and O–H groups in total. The molecule has 10 heavy (non-hydrogen) atoms. The lowest BCUT2D eigenvalue weighted by molar-refractivity contribution is 0.703. The highest BCUT2D eigenvalue weighted by atomic mass is 79.9. The van der Waals surface area contributed by atoms with Gasteiger partial charge in [0.2, 0.25) is 0 Å². The molecular formula is C5H5BrN4. The van der Waals surface area contributed by atoms with Crippen LogP contribution in [0.25, 0.3) is 0 Å². The molecule has 4 nitrogen and oxygen atoms in total. The van der Waals surface area contributed by atoms with Gasteiger partial charge in [0.1, 0.15) is 17.2 Å². The summed E-state index contributed by atoms with van der Waals surface area (Å²) >= 11 is 3.18. The van der Waals surface area contributed by atoms with Crippen LogP contribution in [0.3, 0.4) is 0 Å². The third-order valence-corrected chi connectivity index (χ3v) is 1.79. The second-order valence-electron chi connectivity index (χ2n) is 1.91. The van der Waals surface area contributed by atoms with Crippen molar-refractivity contribution in [2.75, 3.05) is 0 Å². The van der Waals surface area contributed by atoms with Crippen LogP contribution in [0.5, 0.6) is 0 Å². The molecule has 0 bridgehead atoms. The average molecular weight is 201 g/mol. The van der Waals surface area contributed by atoms with E-state index in [9.17, 15) is 0 Å². The van der Waals surface area contributed by atoms with Gasteiger partial charge in [-0.05, 0) is 0 Å². The Balaban J connectivity index is 2.62. The summed E-state index contributed by atoms with van der Waals surface area (Å²) in [6.45, 7) is 0. The summed E-state index contributed by atoms with van der Waals surface area (Å²) in [4.78, 5) is 0. The van der Waals surface area contributed by atoms with E-state index in [1.807, 2.05) is 12.1 Å². The highest BCUT2D eigenvalue weighted by Gasteiger charge is 2.31. The van der Waals surface area contributed by atoms with Gasteiger partial charge >= 0.3 is 0 Å². The number of hydrogen-bond acceptors (Lipinski definition) is 4. The molecule has 5 heteroatoms. The van der Waals surface area contributed by atoms with E-state index in [-0.39, 0.29) is 5.08 Å². The van der Waals surface area contributed by atoms with E-state index in [0.29, 0.717) is 0 Å². The van der Waals surface area contributed by atoms with E-state index in [4.69, 9.17) is 10.5 Å². The molecule has 1 saturated heterocycles. The van der Waals surface area contributed by atoms with Crippen LogP contribution in [0.2, 0.25) is 0 Å². The van der Waals surface area contributed by atoms with Crippen molar-refractivity contribution < 1.29 is 0 Å². The largest absolute Gasteiger partial charge is 0.275 e. The van der Waals surface area contributed by atoms with Crippen molar-refractivity contribution in [1.29, 1.82) is 10.5 Å². The molecule has 0 amide bonds. The number of halogens is 1. The fourth-order valence-corrected chi connectivity index (χ4v) is 1.35. The summed E-state index contributed by atoms with van der Waals surface area (Å²) in [5, 5.41) is 22.5. The summed E-state index contributed by atoms with van der Waals surface area (Å²) in [7, 11) is 0. The normalized spacial score (nSPS) is 38.5. The van der Waals surface area contributed by atoms with E-state index in [1.165, 1.54) is 0 Å². The Kier molecular flexibility index (Phi) is 2.23. The minimum atomic E-state index is -0.408. The quantitative estimate of drug-likeness (QED) is 0.414. The maximum Gasteiger partial charge on any atom is 0.126 e. The Hall–Kier alpha value is -0.620. The fraction of sp³-hybridized carbons (Fsp3) is 0.600. The van der Waals surface area contributed by atoms with Crippen molar-refractivity contribution in [3.8, 4) is 12.1 Å². The van der Waals surface area contributed by atoms with Crippen molar-refractivity contribution in [1.82, 2.24) is 10.6 Å². The first kappa shape index (κ1) is 7.49. The van der Waals surface area contributed by atoms with E-state index in [2.05, 4.69) is 26.6 Å². The van der Waals surface area contributed by atoms with Gasteiger partial charge in [0.15, 0.2) is 0 Å². The summed E-state index contributed by atoms with van der Waals surface area (Å²) in [5.74, 6) is 0. The van der Waals surface area contributed by atoms with Gasteiger partial charge in [-0.3, -0.25) is 10.6 Å². The Bertz CT molecular complexity index is 181. The van der Waals surface area contributed by atoms with Crippen LogP contribution in [0.15, 0.2) is 0 Å². The molecule has 1 fully saturated rings. The molecule has 2 unspecified atom stereocenters. The highest BCUT2D eigenvalue weighted by Crippen LogP contribution is 2.06. The first-order valence-corrected chi connectivity index (χ1v) is 3.65. The number of nitrogens with one attached hydrogen (secondary N) is 2. The van der Waals surface area contributed by atoms with E-state index >= 15 is 0 Å². The lowest BCUT2D eigenvalue weighted by atomic mass is 10.2. The molecule has 1 aliphatic rings. The van der Waals surface area contributed by atoms with E-state index in [0.717, 1.165) is 0 Å². The minimum Gasteiger partial charge on any atom is -0.275 e. The van der Waals surface area contributed by atoms with E-state index in [1.54, 1.807) is 0 Å². The maximum atomic E-state index is 8.46. The van der Waals surface area contributed by atoms with Crippen molar-refractivity contribution in [2.24, 2.45) is 0 Å². The zero-order valence-corrected chi connectivity index (χ0v) is 6.59. The summed E-state index contributed by atoms with van der Waals surface area (Å²) in [5.41, 5.74) is 0. The number of nitriles is 2. The number of hydrogen-bond donors (Lipinski definition) is 2. The first-order chi connectivity index (χ1) is 4.77. The standard InChI is InChI=1S/C5H5BrN4/c6-5-9-3(1-7)4(2-8)10-5/h3-5,9-10H. The maximum absolute atomic E-state index is 8.46. The molecule has 0 radical (unpaired) electrons. The van der Waals surface area contributed by atoms with Gasteiger partial charge in [0.25, 0.3) is 0 Å². The molecule has 2 atom stereocenters. The van der Waals surface area contributed by atoms with Crippen LogP contribution in [0.1, 0.15) is 0 Å². The van der Waals surface area contributed by atoms with Crippen molar-refractivity contribution >= 4 is 15.9 Å². The van der Waals surface area contributed by atoms with Crippen LogP contribution in [0.4, 0.5) is 0 Å². The number of alkyl halides is 1. The minimum absolute atomic E-state index is 0.123. The molecule has 0 spiro atoms. The molecule has 1 rings (SSSR count). The van der Waals surface area contributed by atoms with Gasteiger partial charge in [-0.25, -0.2) is 0 Å². The lowest BCUT2D eigenvalue weighted by Gasteiger charge is -1.99. The SMILES string of the molecule is N#CC1NC(Br)NC1C#N. The summed E-state index contributed by atoms with van der Waals surface area (Å²) in [6, 6.07) is 3.12. The van der Waals surface area contributed by atoms with Crippen LogP contribution >= 0.6 is 15.9 Å². The molecule has 0 aromatic heterocycles. The monoisotopic (exact) mass is 200 g/mol. The third-order valence-electron chi connectivity index (χ3n) is 1.26. The van der Waals surface area contributed by atoms with Crippen LogP contribution < -0.4 is 10.6 Å². The van der Waals surface area contributed by atoms with Crippen LogP contribution in [-0.2, 0) is 0 Å². The predicted molar refractivity (Wildman–Crippen MR) is 37.8 cm³/mol. The Labute approximate surface area is 66.9 Å². The molecule has 0 aromatic rings. The summed E-state index contributed by atoms with van der Waals surface area (Å²) < 4.78 is 0. The second-order valence-corrected chi connectivity index (χ2v) is 2.83. The smallest absolute Gasteiger partial charge is 0.126 e. The van der Waals surface area contributed by atoms with Gasteiger partial charge in [-0.15, -0.1) is 0 Å². The Morgan fingerprint density at radius 3 is 1.80 bits per heavy atom. The lowest BCUT2D eigenvalue weighted by Crippen LogP contribution is -2.30. The van der Waals surface area contributed by atoms with Crippen molar-refractivity contribution in [3.63, 3.8) is 0 Å². The van der Waals surface area contributed by atoms with Gasteiger partial charge in [0, 0.05) is 0 Å². The Morgan fingerprint density at radius 1 is 1.10 bits per heavy atom. The van der Waals surface area contributed by atoms with Gasteiger partial charge < -0.3 is 0 Å².